The van der Waals surface area contributed by atoms with Crippen LogP contribution in [0.25, 0.3) is 0 Å². The summed E-state index contributed by atoms with van der Waals surface area (Å²) in [6.07, 6.45) is 2.60. The van der Waals surface area contributed by atoms with Crippen molar-refractivity contribution in [1.29, 1.82) is 0 Å². The van der Waals surface area contributed by atoms with E-state index in [-0.39, 0.29) is 17.6 Å². The van der Waals surface area contributed by atoms with Gasteiger partial charge in [-0.15, -0.1) is 0 Å². The second kappa shape index (κ2) is 5.63. The van der Waals surface area contributed by atoms with Gasteiger partial charge in [0, 0.05) is 19.3 Å². The number of carbonyl (C=O) groups excluding carboxylic acids is 3. The van der Waals surface area contributed by atoms with E-state index >= 15 is 0 Å². The lowest BCUT2D eigenvalue weighted by molar-refractivity contribution is -0.145. The third-order valence-corrected chi connectivity index (χ3v) is 2.81. The Labute approximate surface area is 94.5 Å². The van der Waals surface area contributed by atoms with Gasteiger partial charge in [-0.1, -0.05) is 0 Å². The molecule has 1 aliphatic rings. The van der Waals surface area contributed by atoms with Crippen LogP contribution >= 0.6 is 0 Å². The summed E-state index contributed by atoms with van der Waals surface area (Å²) in [7, 11) is 1.27. The smallest absolute Gasteiger partial charge is 0.328 e. The zero-order chi connectivity index (χ0) is 12.1. The number of hydrogen-bond donors (Lipinski definition) is 1. The first-order valence-corrected chi connectivity index (χ1v) is 5.42. The normalized spacial score (nSPS) is 21.6. The molecule has 0 bridgehead atoms. The molecule has 1 unspecified atom stereocenters. The molecule has 0 spiro atoms. The van der Waals surface area contributed by atoms with Gasteiger partial charge in [0.15, 0.2) is 0 Å². The first-order valence-electron chi connectivity index (χ1n) is 5.42. The number of rotatable bonds is 4. The first kappa shape index (κ1) is 12.7. The van der Waals surface area contributed by atoms with Crippen LogP contribution < -0.4 is 5.32 Å². The predicted octanol–water partition coefficient (Wildman–Crippen LogP) is 0.423. The summed E-state index contributed by atoms with van der Waals surface area (Å²) in [6.45, 7) is 1.34. The number of hydrogen-bond acceptors (Lipinski definition) is 4. The van der Waals surface area contributed by atoms with Gasteiger partial charge in [-0.3, -0.25) is 9.59 Å². The van der Waals surface area contributed by atoms with Gasteiger partial charge in [-0.2, -0.15) is 0 Å². The third-order valence-electron chi connectivity index (χ3n) is 2.81. The molecule has 0 aromatic carbocycles. The van der Waals surface area contributed by atoms with Gasteiger partial charge in [0.25, 0.3) is 0 Å². The van der Waals surface area contributed by atoms with Crippen molar-refractivity contribution in [3.05, 3.63) is 0 Å². The zero-order valence-corrected chi connectivity index (χ0v) is 9.62. The minimum Gasteiger partial charge on any atom is -0.467 e. The fourth-order valence-electron chi connectivity index (χ4n) is 2.02. The average molecular weight is 227 g/mol. The highest BCUT2D eigenvalue weighted by atomic mass is 16.5. The second-order valence-corrected chi connectivity index (χ2v) is 4.07. The first-order chi connectivity index (χ1) is 7.54. The van der Waals surface area contributed by atoms with E-state index in [1.54, 1.807) is 0 Å². The Morgan fingerprint density at radius 2 is 2.25 bits per heavy atom. The molecule has 1 saturated carbocycles. The number of amides is 1. The fourth-order valence-corrected chi connectivity index (χ4v) is 2.02. The molecule has 0 aliphatic heterocycles. The summed E-state index contributed by atoms with van der Waals surface area (Å²) >= 11 is 0. The number of methoxy groups -OCH3 is 1. The molecule has 2 atom stereocenters. The molecular formula is C11H17NO4. The number of esters is 1. The van der Waals surface area contributed by atoms with Crippen molar-refractivity contribution in [3.8, 4) is 0 Å². The van der Waals surface area contributed by atoms with Gasteiger partial charge < -0.3 is 10.1 Å². The molecule has 1 amide bonds. The predicted molar refractivity (Wildman–Crippen MR) is 56.6 cm³/mol. The van der Waals surface area contributed by atoms with Crippen molar-refractivity contribution >= 4 is 17.7 Å². The summed E-state index contributed by atoms with van der Waals surface area (Å²) in [5.41, 5.74) is 0. The van der Waals surface area contributed by atoms with Crippen molar-refractivity contribution < 1.29 is 19.1 Å². The standard InChI is InChI=1S/C11H17NO4/c1-7(13)12-9(11(15)16-2)6-8-4-3-5-10(8)14/h8-9H,3-6H2,1-2H3,(H,12,13)/t8?,9-/m1/s1. The molecule has 0 aromatic rings. The number of Topliss-reactive ketones (excluding diaryl/α,β-unsaturated/α-hetero) is 1. The summed E-state index contributed by atoms with van der Waals surface area (Å²) < 4.78 is 4.59. The Morgan fingerprint density at radius 1 is 1.56 bits per heavy atom. The van der Waals surface area contributed by atoms with Crippen molar-refractivity contribution in [2.45, 2.75) is 38.6 Å². The molecule has 1 aliphatic carbocycles. The van der Waals surface area contributed by atoms with E-state index in [1.165, 1.54) is 14.0 Å². The van der Waals surface area contributed by atoms with Crippen molar-refractivity contribution in [1.82, 2.24) is 5.32 Å². The lowest BCUT2D eigenvalue weighted by Crippen LogP contribution is -2.42. The van der Waals surface area contributed by atoms with Gasteiger partial charge in [0.05, 0.1) is 7.11 Å². The lowest BCUT2D eigenvalue weighted by atomic mass is 9.97. The number of carbonyl (C=O) groups is 3. The number of nitrogens with one attached hydrogen (secondary N) is 1. The molecule has 90 valence electrons. The van der Waals surface area contributed by atoms with E-state index in [4.69, 9.17) is 0 Å². The van der Waals surface area contributed by atoms with Crippen LogP contribution in [0.2, 0.25) is 0 Å². The molecule has 16 heavy (non-hydrogen) atoms. The molecule has 0 saturated heterocycles. The lowest BCUT2D eigenvalue weighted by Gasteiger charge is -2.18. The molecule has 1 rings (SSSR count). The number of ether oxygens (including phenoxy) is 1. The van der Waals surface area contributed by atoms with Gasteiger partial charge >= 0.3 is 5.97 Å². The van der Waals surface area contributed by atoms with Crippen LogP contribution in [0.1, 0.15) is 32.6 Å². The molecule has 0 aromatic heterocycles. The summed E-state index contributed by atoms with van der Waals surface area (Å²) in [6, 6.07) is -0.699. The van der Waals surface area contributed by atoms with Crippen LogP contribution in [0.4, 0.5) is 0 Å². The highest BCUT2D eigenvalue weighted by Gasteiger charge is 2.31. The van der Waals surface area contributed by atoms with Crippen LogP contribution in [0, 0.1) is 5.92 Å². The average Bonchev–Trinajstić information content (AvgIpc) is 2.61. The van der Waals surface area contributed by atoms with Gasteiger partial charge in [-0.25, -0.2) is 4.79 Å². The maximum atomic E-state index is 11.4. The van der Waals surface area contributed by atoms with Crippen LogP contribution in [0.5, 0.6) is 0 Å². The van der Waals surface area contributed by atoms with Gasteiger partial charge in [0.1, 0.15) is 11.8 Å². The Balaban J connectivity index is 2.58. The highest BCUT2D eigenvalue weighted by molar-refractivity contribution is 5.86. The maximum absolute atomic E-state index is 11.4. The topological polar surface area (TPSA) is 72.5 Å². The van der Waals surface area contributed by atoms with Crippen LogP contribution in [0.15, 0.2) is 0 Å². The molecule has 0 heterocycles. The monoisotopic (exact) mass is 227 g/mol. The van der Waals surface area contributed by atoms with Crippen molar-refractivity contribution in [2.24, 2.45) is 5.92 Å². The van der Waals surface area contributed by atoms with Crippen molar-refractivity contribution in [3.63, 3.8) is 0 Å². The van der Waals surface area contributed by atoms with E-state index in [1.807, 2.05) is 0 Å². The van der Waals surface area contributed by atoms with E-state index in [0.717, 1.165) is 12.8 Å². The minimum atomic E-state index is -0.699. The maximum Gasteiger partial charge on any atom is 0.328 e. The quantitative estimate of drug-likeness (QED) is 0.707. The van der Waals surface area contributed by atoms with Crippen molar-refractivity contribution in [2.75, 3.05) is 7.11 Å². The van der Waals surface area contributed by atoms with E-state index in [2.05, 4.69) is 10.1 Å². The van der Waals surface area contributed by atoms with Crippen LogP contribution in [0.3, 0.4) is 0 Å². The van der Waals surface area contributed by atoms with Gasteiger partial charge in [-0.05, 0) is 19.3 Å². The molecule has 1 N–H and O–H groups in total. The highest BCUT2D eigenvalue weighted by Crippen LogP contribution is 2.25. The summed E-state index contributed by atoms with van der Waals surface area (Å²) in [4.78, 5) is 33.8. The molecular weight excluding hydrogens is 210 g/mol. The van der Waals surface area contributed by atoms with E-state index in [0.29, 0.717) is 12.8 Å². The van der Waals surface area contributed by atoms with E-state index < -0.39 is 12.0 Å². The third kappa shape index (κ3) is 3.32. The summed E-state index contributed by atoms with van der Waals surface area (Å²) in [5, 5.41) is 2.51. The fraction of sp³-hybridized carbons (Fsp3) is 0.727. The minimum absolute atomic E-state index is 0.115. The largest absolute Gasteiger partial charge is 0.467 e. The molecule has 5 heteroatoms. The molecule has 1 fully saturated rings. The zero-order valence-electron chi connectivity index (χ0n) is 9.62. The summed E-state index contributed by atoms with van der Waals surface area (Å²) in [5.74, 6) is -0.717. The van der Waals surface area contributed by atoms with Gasteiger partial charge in [0.2, 0.25) is 5.91 Å². The van der Waals surface area contributed by atoms with E-state index in [9.17, 15) is 14.4 Å². The Hall–Kier alpha value is -1.39. The van der Waals surface area contributed by atoms with Crippen LogP contribution in [-0.4, -0.2) is 30.8 Å². The Kier molecular flexibility index (Phi) is 4.46. The SMILES string of the molecule is COC(=O)[C@@H](CC1CCCC1=O)NC(C)=O. The number of ketones is 1. The molecule has 0 radical (unpaired) electrons. The molecule has 5 nitrogen and oxygen atoms in total. The van der Waals surface area contributed by atoms with Crippen LogP contribution in [-0.2, 0) is 19.1 Å². The second-order valence-electron chi connectivity index (χ2n) is 4.07. The Bertz CT molecular complexity index is 300. The Morgan fingerprint density at radius 3 is 2.69 bits per heavy atom.